The molecule has 1 aliphatic heterocycles. The third-order valence-electron chi connectivity index (χ3n) is 7.92. The Hall–Kier alpha value is -3.99. The minimum Gasteiger partial charge on any atom is -0.497 e. The number of nitrogens with zero attached hydrogens (tertiary/aromatic N) is 4. The summed E-state index contributed by atoms with van der Waals surface area (Å²) in [6, 6.07) is 14.6. The van der Waals surface area contributed by atoms with Crippen LogP contribution in [0.5, 0.6) is 11.5 Å². The molecule has 9 nitrogen and oxygen atoms in total. The molecule has 2 fully saturated rings. The Morgan fingerprint density at radius 3 is 2.63 bits per heavy atom. The van der Waals surface area contributed by atoms with Gasteiger partial charge in [0.1, 0.15) is 35.6 Å². The second kappa shape index (κ2) is 11.1. The molecule has 2 aromatic carbocycles. The quantitative estimate of drug-likeness (QED) is 0.263. The van der Waals surface area contributed by atoms with Crippen LogP contribution in [0.3, 0.4) is 0 Å². The van der Waals surface area contributed by atoms with Crippen LogP contribution < -0.4 is 15.0 Å². The highest BCUT2D eigenvalue weighted by atomic mass is 32.1. The van der Waals surface area contributed by atoms with E-state index in [0.717, 1.165) is 17.5 Å². The van der Waals surface area contributed by atoms with Crippen molar-refractivity contribution in [2.75, 3.05) is 27.4 Å². The van der Waals surface area contributed by atoms with E-state index in [2.05, 4.69) is 0 Å². The van der Waals surface area contributed by atoms with Crippen LogP contribution in [0.2, 0.25) is 0 Å². The molecule has 1 amide bonds. The van der Waals surface area contributed by atoms with Crippen molar-refractivity contribution in [3.8, 4) is 11.5 Å². The summed E-state index contributed by atoms with van der Waals surface area (Å²) in [7, 11) is 3.12. The molecule has 1 unspecified atom stereocenters. The van der Waals surface area contributed by atoms with E-state index in [-0.39, 0.29) is 30.3 Å². The van der Waals surface area contributed by atoms with E-state index in [4.69, 9.17) is 24.2 Å². The number of ether oxygens (including phenoxy) is 3. The molecule has 6 rings (SSSR count). The second-order valence-electron chi connectivity index (χ2n) is 10.5. The number of amides is 1. The highest BCUT2D eigenvalue weighted by molar-refractivity contribution is 7.18. The molecule has 1 saturated heterocycles. The van der Waals surface area contributed by atoms with Crippen molar-refractivity contribution in [2.24, 2.45) is 0 Å². The number of likely N-dealkylation sites (tertiary alicyclic amines) is 1. The van der Waals surface area contributed by atoms with Crippen molar-refractivity contribution in [3.63, 3.8) is 0 Å². The number of halogens is 1. The van der Waals surface area contributed by atoms with E-state index >= 15 is 0 Å². The van der Waals surface area contributed by atoms with E-state index in [0.29, 0.717) is 53.0 Å². The van der Waals surface area contributed by atoms with Gasteiger partial charge in [-0.15, -0.1) is 0 Å². The molecule has 1 aliphatic carbocycles. The Bertz CT molecular complexity index is 1640. The fraction of sp³-hybridized carbons (Fsp3) is 0.400. The van der Waals surface area contributed by atoms with Crippen molar-refractivity contribution < 1.29 is 23.4 Å². The van der Waals surface area contributed by atoms with Gasteiger partial charge < -0.3 is 14.2 Å². The molecule has 41 heavy (non-hydrogen) atoms. The van der Waals surface area contributed by atoms with Gasteiger partial charge in [-0.1, -0.05) is 41.7 Å². The Labute approximate surface area is 240 Å². The molecule has 0 bridgehead atoms. The lowest BCUT2D eigenvalue weighted by Crippen LogP contribution is -2.31. The van der Waals surface area contributed by atoms with E-state index < -0.39 is 18.2 Å². The molecule has 1 atom stereocenters. The summed E-state index contributed by atoms with van der Waals surface area (Å²) in [6.07, 6.45) is 2.33. The topological polar surface area (TPSA) is 95.8 Å². The zero-order chi connectivity index (χ0) is 28.6. The van der Waals surface area contributed by atoms with Gasteiger partial charge in [0, 0.05) is 18.2 Å². The lowest BCUT2D eigenvalue weighted by Gasteiger charge is -2.22. The number of carbonyl (C=O) groups is 1. The van der Waals surface area contributed by atoms with Crippen molar-refractivity contribution in [2.45, 2.75) is 50.3 Å². The molecule has 0 radical (unpaired) electrons. The van der Waals surface area contributed by atoms with E-state index in [1.165, 1.54) is 15.9 Å². The van der Waals surface area contributed by atoms with Crippen LogP contribution in [0.1, 0.15) is 53.7 Å². The number of alkyl halides is 1. The van der Waals surface area contributed by atoms with Gasteiger partial charge in [0.05, 0.1) is 32.2 Å². The van der Waals surface area contributed by atoms with Gasteiger partial charge in [0.25, 0.3) is 5.56 Å². The van der Waals surface area contributed by atoms with Crippen LogP contribution in [-0.4, -0.2) is 53.0 Å². The lowest BCUT2D eigenvalue weighted by molar-refractivity contribution is 0.0920. The number of benzene rings is 2. The number of hydrogen-bond acceptors (Lipinski definition) is 8. The highest BCUT2D eigenvalue weighted by Crippen LogP contribution is 2.48. The first-order valence-electron chi connectivity index (χ1n) is 13.6. The average molecular weight is 579 g/mol. The van der Waals surface area contributed by atoms with Crippen LogP contribution in [0.4, 0.5) is 9.18 Å². The SMILES string of the molecule is COc1ccc(Cn2c(C3(CF)CC3)nc3sc(C4CCCN4C(=O)OCc4ccccc4)nc3c2=O)c(OC)c1. The van der Waals surface area contributed by atoms with Crippen LogP contribution >= 0.6 is 11.3 Å². The summed E-state index contributed by atoms with van der Waals surface area (Å²) >= 11 is 1.29. The van der Waals surface area contributed by atoms with Gasteiger partial charge in [0.15, 0.2) is 10.3 Å². The summed E-state index contributed by atoms with van der Waals surface area (Å²) in [6.45, 7) is 0.276. The summed E-state index contributed by atoms with van der Waals surface area (Å²) in [5.74, 6) is 1.61. The van der Waals surface area contributed by atoms with Gasteiger partial charge in [-0.3, -0.25) is 14.3 Å². The van der Waals surface area contributed by atoms with Crippen molar-refractivity contribution in [3.05, 3.63) is 80.8 Å². The smallest absolute Gasteiger partial charge is 0.410 e. The van der Waals surface area contributed by atoms with Crippen LogP contribution in [0.15, 0.2) is 53.3 Å². The number of fused-ring (bicyclic) bond motifs is 1. The van der Waals surface area contributed by atoms with Crippen molar-refractivity contribution >= 4 is 27.8 Å². The second-order valence-corrected chi connectivity index (χ2v) is 11.5. The number of thiazole rings is 1. The molecule has 4 aromatic rings. The number of methoxy groups -OCH3 is 2. The molecule has 0 N–H and O–H groups in total. The Morgan fingerprint density at radius 1 is 1.12 bits per heavy atom. The maximum Gasteiger partial charge on any atom is 0.410 e. The van der Waals surface area contributed by atoms with Gasteiger partial charge in [-0.25, -0.2) is 19.2 Å². The van der Waals surface area contributed by atoms with Gasteiger partial charge in [0.2, 0.25) is 0 Å². The maximum absolute atomic E-state index is 14.3. The molecule has 214 valence electrons. The van der Waals surface area contributed by atoms with Crippen LogP contribution in [0, 0.1) is 0 Å². The molecular weight excluding hydrogens is 547 g/mol. The fourth-order valence-electron chi connectivity index (χ4n) is 5.38. The van der Waals surface area contributed by atoms with Crippen molar-refractivity contribution in [1.29, 1.82) is 0 Å². The summed E-state index contributed by atoms with van der Waals surface area (Å²) < 4.78 is 32.3. The molecule has 11 heteroatoms. The predicted molar refractivity (Wildman–Crippen MR) is 153 cm³/mol. The van der Waals surface area contributed by atoms with E-state index in [1.807, 2.05) is 36.4 Å². The molecule has 0 spiro atoms. The van der Waals surface area contributed by atoms with E-state index in [1.54, 1.807) is 31.3 Å². The molecule has 2 aromatic heterocycles. The van der Waals surface area contributed by atoms with Gasteiger partial charge in [-0.2, -0.15) is 0 Å². The monoisotopic (exact) mass is 578 g/mol. The zero-order valence-corrected chi connectivity index (χ0v) is 23.8. The van der Waals surface area contributed by atoms with Crippen molar-refractivity contribution in [1.82, 2.24) is 19.4 Å². The number of hydrogen-bond donors (Lipinski definition) is 0. The number of carbonyl (C=O) groups excluding carboxylic acids is 1. The highest BCUT2D eigenvalue weighted by Gasteiger charge is 2.49. The van der Waals surface area contributed by atoms with Crippen LogP contribution in [0.25, 0.3) is 10.3 Å². The summed E-state index contributed by atoms with van der Waals surface area (Å²) in [4.78, 5) is 38.7. The summed E-state index contributed by atoms with van der Waals surface area (Å²) in [5.41, 5.74) is 0.759. The third-order valence-corrected chi connectivity index (χ3v) is 8.97. The lowest BCUT2D eigenvalue weighted by atomic mass is 10.1. The Kier molecular flexibility index (Phi) is 7.37. The Balaban J connectivity index is 1.34. The van der Waals surface area contributed by atoms with Gasteiger partial charge >= 0.3 is 6.09 Å². The molecule has 1 saturated carbocycles. The largest absolute Gasteiger partial charge is 0.497 e. The number of aromatic nitrogens is 3. The predicted octanol–water partition coefficient (Wildman–Crippen LogP) is 5.39. The average Bonchev–Trinajstić information content (AvgIpc) is 3.43. The molecular formula is C30H31FN4O5S. The first-order chi connectivity index (χ1) is 20.0. The molecule has 3 heterocycles. The minimum atomic E-state index is -0.780. The molecule has 2 aliphatic rings. The maximum atomic E-state index is 14.3. The fourth-order valence-corrected chi connectivity index (χ4v) is 6.46. The van der Waals surface area contributed by atoms with Crippen LogP contribution in [-0.2, 0) is 23.3 Å². The minimum absolute atomic E-state index is 0.153. The van der Waals surface area contributed by atoms with Gasteiger partial charge in [-0.05, 0) is 43.4 Å². The first kappa shape index (κ1) is 27.2. The normalized spacial score (nSPS) is 17.5. The first-order valence-corrected chi connectivity index (χ1v) is 14.4. The standard InChI is InChI=1S/C30H31FN4O5S/c1-38-21-11-10-20(23(15-21)39-2)16-35-27(36)24-26(33-28(35)30(18-31)12-13-30)41-25(32-24)22-9-6-14-34(22)29(37)40-17-19-7-4-3-5-8-19/h3-5,7-8,10-11,15,22H,6,9,12-14,16-18H2,1-2H3. The third kappa shape index (κ3) is 5.14. The summed E-state index contributed by atoms with van der Waals surface area (Å²) in [5, 5.41) is 0.634. The Morgan fingerprint density at radius 2 is 1.93 bits per heavy atom. The zero-order valence-electron chi connectivity index (χ0n) is 23.0. The number of rotatable bonds is 9. The van der Waals surface area contributed by atoms with E-state index in [9.17, 15) is 14.0 Å².